The van der Waals surface area contributed by atoms with Crippen molar-refractivity contribution >= 4 is 33.0 Å². The van der Waals surface area contributed by atoms with Crippen LogP contribution in [-0.2, 0) is 20.2 Å². The van der Waals surface area contributed by atoms with Crippen molar-refractivity contribution in [1.82, 2.24) is 0 Å². The van der Waals surface area contributed by atoms with Crippen LogP contribution in [0.2, 0.25) is 0 Å². The zero-order valence-corrected chi connectivity index (χ0v) is 16.9. The van der Waals surface area contributed by atoms with E-state index in [2.05, 4.69) is 28.8 Å². The minimum absolute atomic E-state index is 0.132. The van der Waals surface area contributed by atoms with E-state index >= 15 is 0 Å². The van der Waals surface area contributed by atoms with Crippen LogP contribution in [0.25, 0.3) is 0 Å². The van der Waals surface area contributed by atoms with E-state index in [1.165, 1.54) is 6.07 Å². The molecule has 0 spiro atoms. The Labute approximate surface area is 160 Å². The van der Waals surface area contributed by atoms with Crippen molar-refractivity contribution < 1.29 is 13.2 Å². The summed E-state index contributed by atoms with van der Waals surface area (Å²) >= 11 is 0. The van der Waals surface area contributed by atoms with Gasteiger partial charge in [-0.25, -0.2) is 8.42 Å². The highest BCUT2D eigenvalue weighted by Crippen LogP contribution is 2.38. The largest absolute Gasteiger partial charge is 0.372 e. The Morgan fingerprint density at radius 1 is 1.04 bits per heavy atom. The molecule has 2 aromatic rings. The number of fused-ring (bicyclic) bond motifs is 1. The second-order valence-corrected chi connectivity index (χ2v) is 8.79. The van der Waals surface area contributed by atoms with E-state index in [1.54, 1.807) is 38.1 Å². The van der Waals surface area contributed by atoms with Gasteiger partial charge in [0.25, 0.3) is 10.0 Å². The molecule has 1 heterocycles. The molecule has 1 aliphatic rings. The number of nitrogens with one attached hydrogen (secondary N) is 2. The first-order chi connectivity index (χ1) is 12.7. The van der Waals surface area contributed by atoms with E-state index < -0.39 is 15.4 Å². The van der Waals surface area contributed by atoms with Crippen molar-refractivity contribution in [3.63, 3.8) is 0 Å². The van der Waals surface area contributed by atoms with Crippen molar-refractivity contribution in [3.05, 3.63) is 48.0 Å². The average molecular weight is 388 g/mol. The zero-order valence-electron chi connectivity index (χ0n) is 16.0. The van der Waals surface area contributed by atoms with Gasteiger partial charge >= 0.3 is 0 Å². The van der Waals surface area contributed by atoms with Crippen LogP contribution in [0.4, 0.5) is 17.1 Å². The second kappa shape index (κ2) is 6.88. The van der Waals surface area contributed by atoms with Crippen molar-refractivity contribution in [2.45, 2.75) is 38.0 Å². The molecule has 1 amide bonds. The highest BCUT2D eigenvalue weighted by Gasteiger charge is 2.39. The summed E-state index contributed by atoms with van der Waals surface area (Å²) in [5, 5.41) is 2.79. The Hall–Kier alpha value is -2.54. The van der Waals surface area contributed by atoms with E-state index in [-0.39, 0.29) is 10.8 Å². The Morgan fingerprint density at radius 2 is 1.67 bits per heavy atom. The van der Waals surface area contributed by atoms with E-state index in [1.807, 2.05) is 12.1 Å². The molecular weight excluding hydrogens is 362 g/mol. The first kappa shape index (κ1) is 19.2. The summed E-state index contributed by atoms with van der Waals surface area (Å²) in [4.78, 5) is 14.4. The van der Waals surface area contributed by atoms with Crippen molar-refractivity contribution in [2.75, 3.05) is 28.0 Å². The minimum atomic E-state index is -3.75. The molecule has 6 nitrogen and oxygen atoms in total. The number of hydrogen-bond donors (Lipinski definition) is 2. The number of carbonyl (C=O) groups is 1. The lowest BCUT2D eigenvalue weighted by Crippen LogP contribution is -2.27. The van der Waals surface area contributed by atoms with Gasteiger partial charge in [0.05, 0.1) is 10.3 Å². The van der Waals surface area contributed by atoms with Crippen molar-refractivity contribution in [1.29, 1.82) is 0 Å². The molecule has 2 aromatic carbocycles. The monoisotopic (exact) mass is 387 g/mol. The van der Waals surface area contributed by atoms with E-state index in [0.717, 1.165) is 18.8 Å². The van der Waals surface area contributed by atoms with Gasteiger partial charge in [-0.3, -0.25) is 9.52 Å². The predicted octanol–water partition coefficient (Wildman–Crippen LogP) is 3.56. The molecule has 0 radical (unpaired) electrons. The van der Waals surface area contributed by atoms with Gasteiger partial charge in [0.2, 0.25) is 5.91 Å². The molecule has 0 aliphatic carbocycles. The SMILES string of the molecule is CCN(CC)c1ccc(NS(=O)(=O)c2ccc3c(c2)C(C)(C)C(=O)N3)cc1. The van der Waals surface area contributed by atoms with Gasteiger partial charge in [-0.2, -0.15) is 0 Å². The standard InChI is InChI=1S/C20H25N3O3S/c1-5-23(6-2)15-9-7-14(8-10-15)22-27(25,26)16-11-12-18-17(13-16)20(3,4)19(24)21-18/h7-13,22H,5-6H2,1-4H3,(H,21,24). The molecule has 0 bridgehead atoms. The van der Waals surface area contributed by atoms with Crippen molar-refractivity contribution in [2.24, 2.45) is 0 Å². The van der Waals surface area contributed by atoms with Gasteiger partial charge in [-0.15, -0.1) is 0 Å². The maximum atomic E-state index is 12.8. The highest BCUT2D eigenvalue weighted by molar-refractivity contribution is 7.92. The van der Waals surface area contributed by atoms with E-state index in [0.29, 0.717) is 16.9 Å². The molecule has 0 aromatic heterocycles. The number of sulfonamides is 1. The number of amides is 1. The third kappa shape index (κ3) is 3.51. The molecule has 2 N–H and O–H groups in total. The summed E-state index contributed by atoms with van der Waals surface area (Å²) in [6.45, 7) is 9.50. The maximum Gasteiger partial charge on any atom is 0.261 e. The molecule has 0 saturated heterocycles. The van der Waals surface area contributed by atoms with Crippen LogP contribution in [0.5, 0.6) is 0 Å². The quantitative estimate of drug-likeness (QED) is 0.794. The molecule has 0 fully saturated rings. The fraction of sp³-hybridized carbons (Fsp3) is 0.350. The van der Waals surface area contributed by atoms with Gasteiger partial charge in [0.1, 0.15) is 0 Å². The van der Waals surface area contributed by atoms with Gasteiger partial charge in [0, 0.05) is 30.2 Å². The average Bonchev–Trinajstić information content (AvgIpc) is 2.86. The Balaban J connectivity index is 1.86. The van der Waals surface area contributed by atoms with Crippen LogP contribution in [0.3, 0.4) is 0 Å². The zero-order chi connectivity index (χ0) is 19.8. The molecule has 0 saturated carbocycles. The lowest BCUT2D eigenvalue weighted by Gasteiger charge is -2.21. The van der Waals surface area contributed by atoms with Crippen molar-refractivity contribution in [3.8, 4) is 0 Å². The number of hydrogen-bond acceptors (Lipinski definition) is 4. The molecule has 1 aliphatic heterocycles. The number of anilines is 3. The predicted molar refractivity (Wildman–Crippen MR) is 109 cm³/mol. The third-order valence-electron chi connectivity index (χ3n) is 5.04. The number of benzene rings is 2. The number of carbonyl (C=O) groups excluding carboxylic acids is 1. The first-order valence-electron chi connectivity index (χ1n) is 9.03. The van der Waals surface area contributed by atoms with E-state index in [9.17, 15) is 13.2 Å². The minimum Gasteiger partial charge on any atom is -0.372 e. The van der Waals surface area contributed by atoms with Gasteiger partial charge in [0.15, 0.2) is 0 Å². The van der Waals surface area contributed by atoms with Crippen LogP contribution < -0.4 is 14.9 Å². The first-order valence-corrected chi connectivity index (χ1v) is 10.5. The number of rotatable bonds is 6. The van der Waals surface area contributed by atoms with Gasteiger partial charge in [-0.05, 0) is 75.7 Å². The maximum absolute atomic E-state index is 12.8. The van der Waals surface area contributed by atoms with Crippen LogP contribution in [-0.4, -0.2) is 27.4 Å². The third-order valence-corrected chi connectivity index (χ3v) is 6.42. The lowest BCUT2D eigenvalue weighted by atomic mass is 9.86. The molecular formula is C20H25N3O3S. The normalized spacial score (nSPS) is 15.2. The van der Waals surface area contributed by atoms with Gasteiger partial charge < -0.3 is 10.2 Å². The summed E-state index contributed by atoms with van der Waals surface area (Å²) in [5.74, 6) is -0.132. The topological polar surface area (TPSA) is 78.5 Å². The highest BCUT2D eigenvalue weighted by atomic mass is 32.2. The lowest BCUT2D eigenvalue weighted by molar-refractivity contribution is -0.119. The molecule has 27 heavy (non-hydrogen) atoms. The summed E-state index contributed by atoms with van der Waals surface area (Å²) in [7, 11) is -3.75. The smallest absolute Gasteiger partial charge is 0.261 e. The van der Waals surface area contributed by atoms with Crippen LogP contribution in [0.15, 0.2) is 47.4 Å². The molecule has 3 rings (SSSR count). The Morgan fingerprint density at radius 3 is 2.26 bits per heavy atom. The molecule has 0 unspecified atom stereocenters. The van der Waals surface area contributed by atoms with Crippen LogP contribution in [0.1, 0.15) is 33.3 Å². The fourth-order valence-corrected chi connectivity index (χ4v) is 4.35. The fourth-order valence-electron chi connectivity index (χ4n) is 3.26. The molecule has 144 valence electrons. The van der Waals surface area contributed by atoms with Crippen LogP contribution >= 0.6 is 0 Å². The van der Waals surface area contributed by atoms with Gasteiger partial charge in [-0.1, -0.05) is 0 Å². The summed E-state index contributed by atoms with van der Waals surface area (Å²) in [6.07, 6.45) is 0. The summed E-state index contributed by atoms with van der Waals surface area (Å²) < 4.78 is 28.2. The Bertz CT molecular complexity index is 962. The summed E-state index contributed by atoms with van der Waals surface area (Å²) in [5.41, 5.74) is 2.14. The second-order valence-electron chi connectivity index (χ2n) is 7.11. The number of nitrogens with zero attached hydrogens (tertiary/aromatic N) is 1. The molecule has 7 heteroatoms. The molecule has 0 atom stereocenters. The van der Waals surface area contributed by atoms with E-state index in [4.69, 9.17) is 0 Å². The van der Waals surface area contributed by atoms with Crippen LogP contribution in [0, 0.1) is 0 Å². The Kier molecular flexibility index (Phi) is 4.90. The summed E-state index contributed by atoms with van der Waals surface area (Å²) in [6, 6.07) is 12.0.